The molecule has 3 rings (SSSR count). The van der Waals surface area contributed by atoms with Gasteiger partial charge in [0.25, 0.3) is 5.78 Å². The van der Waals surface area contributed by atoms with Gasteiger partial charge in [-0.3, -0.25) is 4.98 Å². The van der Waals surface area contributed by atoms with Gasteiger partial charge in [0.15, 0.2) is 0 Å². The lowest BCUT2D eigenvalue weighted by molar-refractivity contribution is -0.139. The third kappa shape index (κ3) is 3.61. The number of nitrogens with one attached hydrogen (secondary N) is 1. The van der Waals surface area contributed by atoms with Gasteiger partial charge in [-0.2, -0.15) is 45.9 Å². The first-order valence-electron chi connectivity index (χ1n) is 7.25. The summed E-state index contributed by atoms with van der Waals surface area (Å²) in [6, 6.07) is -0.339. The van der Waals surface area contributed by atoms with Crippen LogP contribution in [0.1, 0.15) is 12.5 Å². The molecule has 0 aliphatic rings. The van der Waals surface area contributed by atoms with E-state index in [1.54, 1.807) is 0 Å². The highest BCUT2D eigenvalue weighted by atomic mass is 35.5. The minimum atomic E-state index is -4.82. The van der Waals surface area contributed by atoms with E-state index in [0.29, 0.717) is 0 Å². The third-order valence-corrected chi connectivity index (χ3v) is 3.85. The van der Waals surface area contributed by atoms with E-state index in [-0.39, 0.29) is 5.78 Å². The van der Waals surface area contributed by atoms with Crippen LogP contribution in [0, 0.1) is 0 Å². The van der Waals surface area contributed by atoms with E-state index < -0.39 is 46.2 Å². The van der Waals surface area contributed by atoms with E-state index in [9.17, 15) is 26.3 Å². The molecule has 0 spiro atoms. The molecule has 0 radical (unpaired) electrons. The average Bonchev–Trinajstić information content (AvgIpc) is 3.01. The molecular formula is C14H9ClF6N6. The van der Waals surface area contributed by atoms with Crippen molar-refractivity contribution in [3.05, 3.63) is 35.4 Å². The molecule has 0 saturated heterocycles. The molecule has 0 aliphatic heterocycles. The molecule has 13 heteroatoms. The number of fused-ring (bicyclic) bond motifs is 1. The third-order valence-electron chi connectivity index (χ3n) is 3.58. The lowest BCUT2D eigenvalue weighted by atomic mass is 10.1. The van der Waals surface area contributed by atoms with Crippen LogP contribution in [0.5, 0.6) is 0 Å². The Morgan fingerprint density at radius 2 is 1.85 bits per heavy atom. The molecule has 0 saturated carbocycles. The highest BCUT2D eigenvalue weighted by Gasteiger charge is 2.39. The highest BCUT2D eigenvalue weighted by molar-refractivity contribution is 6.32. The fraction of sp³-hybridized carbons (Fsp3) is 0.286. The van der Waals surface area contributed by atoms with Gasteiger partial charge in [-0.05, 0) is 19.1 Å². The van der Waals surface area contributed by atoms with Gasteiger partial charge in [-0.1, -0.05) is 11.6 Å². The molecule has 0 bridgehead atoms. The number of halogens is 7. The molecule has 6 nitrogen and oxygen atoms in total. The van der Waals surface area contributed by atoms with E-state index in [0.717, 1.165) is 36.1 Å². The largest absolute Gasteiger partial charge is 0.418 e. The van der Waals surface area contributed by atoms with Gasteiger partial charge in [0.05, 0.1) is 16.8 Å². The molecule has 1 N–H and O–H groups in total. The van der Waals surface area contributed by atoms with Crippen LogP contribution in [0.2, 0.25) is 5.15 Å². The molecule has 0 unspecified atom stereocenters. The van der Waals surface area contributed by atoms with Crippen molar-refractivity contribution >= 4 is 23.2 Å². The van der Waals surface area contributed by atoms with Gasteiger partial charge in [0, 0.05) is 6.20 Å². The summed E-state index contributed by atoms with van der Waals surface area (Å²) in [6.45, 7) is 0.796. The highest BCUT2D eigenvalue weighted by Crippen LogP contribution is 2.41. The summed E-state index contributed by atoms with van der Waals surface area (Å²) in [7, 11) is 0. The van der Waals surface area contributed by atoms with E-state index in [1.807, 2.05) is 0 Å². The van der Waals surface area contributed by atoms with Crippen molar-refractivity contribution in [1.82, 2.24) is 24.6 Å². The van der Waals surface area contributed by atoms with Crippen LogP contribution in [0.15, 0.2) is 24.7 Å². The molecule has 0 aromatic carbocycles. The molecule has 0 fully saturated rings. The molecular weight excluding hydrogens is 402 g/mol. The fourth-order valence-electron chi connectivity index (χ4n) is 2.28. The van der Waals surface area contributed by atoms with Crippen molar-refractivity contribution in [3.8, 4) is 11.3 Å². The number of pyridine rings is 1. The van der Waals surface area contributed by atoms with Crippen LogP contribution < -0.4 is 5.32 Å². The van der Waals surface area contributed by atoms with Crippen molar-refractivity contribution in [2.45, 2.75) is 25.3 Å². The summed E-state index contributed by atoms with van der Waals surface area (Å²) >= 11 is 6.00. The van der Waals surface area contributed by atoms with Crippen LogP contribution in [0.25, 0.3) is 17.0 Å². The molecule has 1 atom stereocenters. The second-order valence-corrected chi connectivity index (χ2v) is 5.76. The topological polar surface area (TPSA) is 68.0 Å². The van der Waals surface area contributed by atoms with Crippen LogP contribution >= 0.6 is 11.6 Å². The second kappa shape index (κ2) is 6.51. The SMILES string of the molecule is C[C@H](Nc1c(-c2ncccc2C(F)(F)F)c(Cl)nc2ncnn12)C(F)(F)F. The van der Waals surface area contributed by atoms with Gasteiger partial charge < -0.3 is 5.32 Å². The van der Waals surface area contributed by atoms with E-state index >= 15 is 0 Å². The molecule has 3 aromatic heterocycles. The standard InChI is InChI=1S/C14H9ClF6N6/c1-6(13(16,17)18)25-11-8(10(15)26-12-23-5-24-27(11)12)9-7(14(19,20)21)3-2-4-22-9/h2-6,25H,1H3/t6-/m0/s1. The maximum Gasteiger partial charge on any atom is 0.418 e. The Hall–Kier alpha value is -2.63. The van der Waals surface area contributed by atoms with Crippen molar-refractivity contribution in [2.75, 3.05) is 5.32 Å². The van der Waals surface area contributed by atoms with Crippen molar-refractivity contribution in [2.24, 2.45) is 0 Å². The number of rotatable bonds is 3. The quantitative estimate of drug-likeness (QED) is 0.517. The summed E-state index contributed by atoms with van der Waals surface area (Å²) in [5.74, 6) is -0.651. The van der Waals surface area contributed by atoms with Crippen molar-refractivity contribution in [3.63, 3.8) is 0 Å². The predicted octanol–water partition coefficient (Wildman–Crippen LogP) is 4.22. The van der Waals surface area contributed by atoms with Crippen molar-refractivity contribution < 1.29 is 26.3 Å². The molecule has 27 heavy (non-hydrogen) atoms. The second-order valence-electron chi connectivity index (χ2n) is 5.40. The Morgan fingerprint density at radius 3 is 2.48 bits per heavy atom. The smallest absolute Gasteiger partial charge is 0.358 e. The predicted molar refractivity (Wildman–Crippen MR) is 83.2 cm³/mol. The number of nitrogens with zero attached hydrogens (tertiary/aromatic N) is 5. The summed E-state index contributed by atoms with van der Waals surface area (Å²) in [5, 5.41) is 5.32. The Labute approximate surface area is 152 Å². The Morgan fingerprint density at radius 1 is 1.15 bits per heavy atom. The van der Waals surface area contributed by atoms with Gasteiger partial charge in [0.2, 0.25) is 0 Å². The zero-order chi connectivity index (χ0) is 20.0. The molecule has 0 amide bonds. The minimum absolute atomic E-state index is 0.190. The summed E-state index contributed by atoms with van der Waals surface area (Å²) < 4.78 is 80.0. The maximum absolute atomic E-state index is 13.4. The number of hydrogen-bond donors (Lipinski definition) is 1. The van der Waals surface area contributed by atoms with Gasteiger partial charge in [-0.15, -0.1) is 0 Å². The monoisotopic (exact) mass is 410 g/mol. The zero-order valence-electron chi connectivity index (χ0n) is 13.3. The molecule has 144 valence electrons. The van der Waals surface area contributed by atoms with Gasteiger partial charge >= 0.3 is 12.4 Å². The Balaban J connectivity index is 2.31. The number of aromatic nitrogens is 5. The summed E-state index contributed by atoms with van der Waals surface area (Å²) in [5.41, 5.74) is -2.34. The molecule has 0 aliphatic carbocycles. The first-order valence-corrected chi connectivity index (χ1v) is 7.63. The number of anilines is 1. The van der Waals surface area contributed by atoms with Gasteiger partial charge in [0.1, 0.15) is 23.3 Å². The normalized spacial score (nSPS) is 13.8. The summed E-state index contributed by atoms with van der Waals surface area (Å²) in [4.78, 5) is 11.2. The lowest BCUT2D eigenvalue weighted by Gasteiger charge is -2.22. The fourth-order valence-corrected chi connectivity index (χ4v) is 2.53. The van der Waals surface area contributed by atoms with E-state index in [2.05, 4.69) is 25.4 Å². The first kappa shape index (κ1) is 19.1. The minimum Gasteiger partial charge on any atom is -0.358 e. The lowest BCUT2D eigenvalue weighted by Crippen LogP contribution is -2.34. The number of alkyl halides is 6. The van der Waals surface area contributed by atoms with E-state index in [1.165, 1.54) is 0 Å². The van der Waals surface area contributed by atoms with Crippen LogP contribution in [-0.2, 0) is 6.18 Å². The van der Waals surface area contributed by atoms with Gasteiger partial charge in [-0.25, -0.2) is 0 Å². The van der Waals surface area contributed by atoms with Crippen LogP contribution in [0.3, 0.4) is 0 Å². The molecule has 3 heterocycles. The van der Waals surface area contributed by atoms with Crippen LogP contribution in [0.4, 0.5) is 32.2 Å². The van der Waals surface area contributed by atoms with E-state index in [4.69, 9.17) is 11.6 Å². The zero-order valence-corrected chi connectivity index (χ0v) is 14.0. The molecule has 3 aromatic rings. The summed E-state index contributed by atoms with van der Waals surface area (Å²) in [6.07, 6.45) is -7.47. The Bertz CT molecular complexity index is 982. The first-order chi connectivity index (χ1) is 12.5. The van der Waals surface area contributed by atoms with Crippen molar-refractivity contribution in [1.29, 1.82) is 0 Å². The number of hydrogen-bond acceptors (Lipinski definition) is 5. The average molecular weight is 411 g/mol. The Kier molecular flexibility index (Phi) is 4.62. The maximum atomic E-state index is 13.4. The van der Waals surface area contributed by atoms with Crippen LogP contribution in [-0.4, -0.2) is 36.8 Å².